The molecule has 2 aromatic heterocycles. The fraction of sp³-hybridized carbons (Fsp3) is 0. The Morgan fingerprint density at radius 1 is 1.04 bits per heavy atom. The maximum absolute atomic E-state index is 13.2. The molecule has 7 heteroatoms. The van der Waals surface area contributed by atoms with E-state index in [1.165, 1.54) is 24.5 Å². The molecular formula is C18H12FN5O. The zero-order chi connectivity index (χ0) is 17.2. The van der Waals surface area contributed by atoms with E-state index in [4.69, 9.17) is 0 Å². The minimum Gasteiger partial charge on any atom is -0.322 e. The van der Waals surface area contributed by atoms with Gasteiger partial charge in [0, 0.05) is 16.8 Å². The van der Waals surface area contributed by atoms with E-state index in [2.05, 4.69) is 20.6 Å². The highest BCUT2D eigenvalue weighted by Gasteiger charge is 2.08. The second-order valence-corrected chi connectivity index (χ2v) is 5.39. The van der Waals surface area contributed by atoms with Crippen molar-refractivity contribution in [2.45, 2.75) is 0 Å². The number of nitrogens with one attached hydrogen (secondary N) is 1. The first-order chi connectivity index (χ1) is 12.2. The molecule has 0 spiro atoms. The number of anilines is 1. The van der Waals surface area contributed by atoms with Crippen LogP contribution in [0.1, 0.15) is 10.4 Å². The SMILES string of the molecule is O=C(Nc1ccc(-c2ccc3nncn3n2)cc1)c1cccc(F)c1. The zero-order valence-electron chi connectivity index (χ0n) is 12.9. The molecule has 2 heterocycles. The van der Waals surface area contributed by atoms with Crippen LogP contribution in [0, 0.1) is 5.82 Å². The van der Waals surface area contributed by atoms with Gasteiger partial charge in [0.1, 0.15) is 12.1 Å². The largest absolute Gasteiger partial charge is 0.322 e. The number of carbonyl (C=O) groups is 1. The van der Waals surface area contributed by atoms with E-state index in [9.17, 15) is 9.18 Å². The van der Waals surface area contributed by atoms with Crippen LogP contribution in [0.2, 0.25) is 0 Å². The molecule has 4 aromatic rings. The van der Waals surface area contributed by atoms with E-state index in [1.807, 2.05) is 24.3 Å². The van der Waals surface area contributed by atoms with Crippen molar-refractivity contribution in [1.29, 1.82) is 0 Å². The topological polar surface area (TPSA) is 72.2 Å². The van der Waals surface area contributed by atoms with E-state index in [-0.39, 0.29) is 11.5 Å². The van der Waals surface area contributed by atoms with Crippen LogP contribution in [0.15, 0.2) is 67.0 Å². The van der Waals surface area contributed by atoms with Crippen LogP contribution in [-0.4, -0.2) is 25.7 Å². The van der Waals surface area contributed by atoms with E-state index >= 15 is 0 Å². The van der Waals surface area contributed by atoms with Gasteiger partial charge in [0.25, 0.3) is 5.91 Å². The molecule has 1 amide bonds. The molecule has 0 saturated heterocycles. The summed E-state index contributed by atoms with van der Waals surface area (Å²) in [4.78, 5) is 12.1. The van der Waals surface area contributed by atoms with Gasteiger partial charge in [-0.2, -0.15) is 9.61 Å². The Kier molecular flexibility index (Phi) is 3.66. The zero-order valence-corrected chi connectivity index (χ0v) is 12.9. The highest BCUT2D eigenvalue weighted by molar-refractivity contribution is 6.04. The molecule has 122 valence electrons. The molecule has 0 aliphatic carbocycles. The number of nitrogens with zero attached hydrogens (tertiary/aromatic N) is 4. The van der Waals surface area contributed by atoms with Gasteiger partial charge in [-0.1, -0.05) is 18.2 Å². The van der Waals surface area contributed by atoms with Crippen LogP contribution in [0.25, 0.3) is 16.9 Å². The van der Waals surface area contributed by atoms with Crippen LogP contribution in [0.4, 0.5) is 10.1 Å². The maximum atomic E-state index is 13.2. The number of fused-ring (bicyclic) bond motifs is 1. The highest BCUT2D eigenvalue weighted by Crippen LogP contribution is 2.20. The van der Waals surface area contributed by atoms with E-state index in [0.29, 0.717) is 11.3 Å². The molecule has 0 atom stereocenters. The van der Waals surface area contributed by atoms with Crippen molar-refractivity contribution < 1.29 is 9.18 Å². The molecule has 0 bridgehead atoms. The van der Waals surface area contributed by atoms with Gasteiger partial charge in [-0.05, 0) is 42.5 Å². The minimum absolute atomic E-state index is 0.267. The van der Waals surface area contributed by atoms with Crippen LogP contribution in [0.5, 0.6) is 0 Å². The molecule has 25 heavy (non-hydrogen) atoms. The average molecular weight is 333 g/mol. The van der Waals surface area contributed by atoms with E-state index in [1.54, 1.807) is 22.7 Å². The quantitative estimate of drug-likeness (QED) is 0.625. The summed E-state index contributed by atoms with van der Waals surface area (Å²) >= 11 is 0. The first-order valence-electron chi connectivity index (χ1n) is 7.53. The fourth-order valence-corrected chi connectivity index (χ4v) is 2.44. The van der Waals surface area contributed by atoms with Gasteiger partial charge in [-0.3, -0.25) is 4.79 Å². The number of hydrogen-bond acceptors (Lipinski definition) is 4. The predicted octanol–water partition coefficient (Wildman–Crippen LogP) is 3.18. The van der Waals surface area contributed by atoms with Crippen molar-refractivity contribution in [3.05, 3.63) is 78.4 Å². The minimum atomic E-state index is -0.446. The molecule has 4 rings (SSSR count). The Morgan fingerprint density at radius 2 is 1.88 bits per heavy atom. The smallest absolute Gasteiger partial charge is 0.255 e. The first kappa shape index (κ1) is 14.9. The van der Waals surface area contributed by atoms with Crippen LogP contribution >= 0.6 is 0 Å². The van der Waals surface area contributed by atoms with Crippen molar-refractivity contribution in [2.75, 3.05) is 5.32 Å². The first-order valence-corrected chi connectivity index (χ1v) is 7.53. The fourth-order valence-electron chi connectivity index (χ4n) is 2.44. The molecular weight excluding hydrogens is 321 g/mol. The number of rotatable bonds is 3. The van der Waals surface area contributed by atoms with Crippen molar-refractivity contribution >= 4 is 17.2 Å². The number of benzene rings is 2. The maximum Gasteiger partial charge on any atom is 0.255 e. The Bertz CT molecular complexity index is 1060. The number of halogens is 1. The van der Waals surface area contributed by atoms with Crippen molar-refractivity contribution in [1.82, 2.24) is 19.8 Å². The Balaban J connectivity index is 1.54. The second-order valence-electron chi connectivity index (χ2n) is 5.39. The molecule has 0 aliphatic rings. The Labute approximate surface area is 142 Å². The molecule has 6 nitrogen and oxygen atoms in total. The molecule has 0 saturated carbocycles. The molecule has 0 aliphatic heterocycles. The lowest BCUT2D eigenvalue weighted by Gasteiger charge is -2.07. The number of amides is 1. The lowest BCUT2D eigenvalue weighted by molar-refractivity contribution is 0.102. The Hall–Kier alpha value is -3.61. The number of aromatic nitrogens is 4. The van der Waals surface area contributed by atoms with E-state index in [0.717, 1.165) is 11.3 Å². The highest BCUT2D eigenvalue weighted by atomic mass is 19.1. The normalized spacial score (nSPS) is 10.8. The summed E-state index contributed by atoms with van der Waals surface area (Å²) in [5.74, 6) is -0.810. The third-order valence-corrected chi connectivity index (χ3v) is 3.69. The van der Waals surface area contributed by atoms with Gasteiger partial charge in [0.05, 0.1) is 5.69 Å². The van der Waals surface area contributed by atoms with Gasteiger partial charge < -0.3 is 5.32 Å². The molecule has 0 fully saturated rings. The van der Waals surface area contributed by atoms with Gasteiger partial charge in [-0.15, -0.1) is 10.2 Å². The summed E-state index contributed by atoms with van der Waals surface area (Å²) in [5.41, 5.74) is 3.20. The van der Waals surface area contributed by atoms with Crippen LogP contribution in [0.3, 0.4) is 0 Å². The third kappa shape index (κ3) is 3.07. The number of hydrogen-bond donors (Lipinski definition) is 1. The molecule has 0 unspecified atom stereocenters. The molecule has 2 aromatic carbocycles. The monoisotopic (exact) mass is 333 g/mol. The third-order valence-electron chi connectivity index (χ3n) is 3.69. The summed E-state index contributed by atoms with van der Waals surface area (Å²) in [6.07, 6.45) is 1.53. The van der Waals surface area contributed by atoms with Crippen molar-refractivity contribution in [3.63, 3.8) is 0 Å². The summed E-state index contributed by atoms with van der Waals surface area (Å²) in [6.45, 7) is 0. The van der Waals surface area contributed by atoms with Crippen LogP contribution in [-0.2, 0) is 0 Å². The lowest BCUT2D eigenvalue weighted by Crippen LogP contribution is -2.11. The second kappa shape index (κ2) is 6.12. The van der Waals surface area contributed by atoms with Gasteiger partial charge in [0.15, 0.2) is 5.65 Å². The summed E-state index contributed by atoms with van der Waals surface area (Å²) in [5, 5.41) is 14.9. The summed E-state index contributed by atoms with van der Waals surface area (Å²) in [7, 11) is 0. The van der Waals surface area contributed by atoms with Gasteiger partial charge in [0.2, 0.25) is 0 Å². The summed E-state index contributed by atoms with van der Waals surface area (Å²) in [6, 6.07) is 16.5. The summed E-state index contributed by atoms with van der Waals surface area (Å²) < 4.78 is 14.8. The Morgan fingerprint density at radius 3 is 2.68 bits per heavy atom. The van der Waals surface area contributed by atoms with E-state index < -0.39 is 5.82 Å². The van der Waals surface area contributed by atoms with Gasteiger partial charge >= 0.3 is 0 Å². The van der Waals surface area contributed by atoms with Crippen molar-refractivity contribution in [3.8, 4) is 11.3 Å². The average Bonchev–Trinajstić information content (AvgIpc) is 3.10. The standard InChI is InChI=1S/C18H12FN5O/c19-14-3-1-2-13(10-14)18(25)21-15-6-4-12(5-7-15)16-8-9-17-22-20-11-24(17)23-16/h1-11H,(H,21,25). The van der Waals surface area contributed by atoms with Crippen LogP contribution < -0.4 is 5.32 Å². The number of carbonyl (C=O) groups excluding carboxylic acids is 1. The lowest BCUT2D eigenvalue weighted by atomic mass is 10.1. The molecule has 1 N–H and O–H groups in total. The van der Waals surface area contributed by atoms with Gasteiger partial charge in [-0.25, -0.2) is 4.39 Å². The predicted molar refractivity (Wildman–Crippen MR) is 90.6 cm³/mol. The molecule has 0 radical (unpaired) electrons. The van der Waals surface area contributed by atoms with Crippen molar-refractivity contribution in [2.24, 2.45) is 0 Å².